The lowest BCUT2D eigenvalue weighted by atomic mass is 9.95. The quantitative estimate of drug-likeness (QED) is 0.750. The van der Waals surface area contributed by atoms with Crippen LogP contribution in [0.1, 0.15) is 31.1 Å². The van der Waals surface area contributed by atoms with Gasteiger partial charge >= 0.3 is 0 Å². The van der Waals surface area contributed by atoms with Gasteiger partial charge in [-0.25, -0.2) is 13.1 Å². The number of nitrogens with one attached hydrogen (secondary N) is 1. The summed E-state index contributed by atoms with van der Waals surface area (Å²) in [6.45, 7) is 3.83. The molecular formula is C18H23NO5S. The van der Waals surface area contributed by atoms with Gasteiger partial charge < -0.3 is 14.3 Å². The molecule has 1 fully saturated rings. The second-order valence-electron chi connectivity index (χ2n) is 6.38. The van der Waals surface area contributed by atoms with Crippen molar-refractivity contribution in [2.45, 2.75) is 37.2 Å². The minimum Gasteiger partial charge on any atom is -0.492 e. The van der Waals surface area contributed by atoms with E-state index in [4.69, 9.17) is 9.15 Å². The summed E-state index contributed by atoms with van der Waals surface area (Å²) in [4.78, 5) is 0.0759. The first-order valence-electron chi connectivity index (χ1n) is 8.36. The third kappa shape index (κ3) is 3.73. The molecule has 0 spiro atoms. The summed E-state index contributed by atoms with van der Waals surface area (Å²) in [7, 11) is -3.84. The molecule has 1 aliphatic carbocycles. The summed E-state index contributed by atoms with van der Waals surface area (Å²) in [5.74, 6) is 0.672. The second-order valence-corrected chi connectivity index (χ2v) is 8.12. The van der Waals surface area contributed by atoms with Crippen molar-refractivity contribution >= 4 is 10.0 Å². The molecule has 0 aliphatic heterocycles. The van der Waals surface area contributed by atoms with Crippen LogP contribution in [0.15, 0.2) is 45.9 Å². The molecule has 1 heterocycles. The Hall–Kier alpha value is -1.83. The highest BCUT2D eigenvalue weighted by Crippen LogP contribution is 2.45. The minimum atomic E-state index is -3.84. The predicted octanol–water partition coefficient (Wildman–Crippen LogP) is 2.56. The number of ether oxygens (including phenoxy) is 1. The Bertz CT molecular complexity index is 827. The largest absolute Gasteiger partial charge is 0.492 e. The zero-order valence-electron chi connectivity index (χ0n) is 14.4. The highest BCUT2D eigenvalue weighted by atomic mass is 32.2. The molecule has 1 aromatic carbocycles. The average molecular weight is 365 g/mol. The maximum absolute atomic E-state index is 12.8. The molecule has 0 bridgehead atoms. The molecule has 7 heteroatoms. The van der Waals surface area contributed by atoms with Crippen LogP contribution in [0, 0.1) is 12.8 Å². The van der Waals surface area contributed by atoms with Gasteiger partial charge in [-0.15, -0.1) is 0 Å². The third-order valence-corrected chi connectivity index (χ3v) is 5.84. The van der Waals surface area contributed by atoms with E-state index in [9.17, 15) is 13.5 Å². The molecule has 0 amide bonds. The molecule has 1 aromatic heterocycles. The number of sulfonamides is 1. The molecule has 1 unspecified atom stereocenters. The Morgan fingerprint density at radius 1 is 1.36 bits per heavy atom. The fourth-order valence-corrected chi connectivity index (χ4v) is 4.20. The lowest BCUT2D eigenvalue weighted by molar-refractivity contribution is -0.00225. The van der Waals surface area contributed by atoms with Gasteiger partial charge in [-0.05, 0) is 62.4 Å². The van der Waals surface area contributed by atoms with E-state index in [0.717, 1.165) is 18.4 Å². The van der Waals surface area contributed by atoms with Crippen molar-refractivity contribution in [1.29, 1.82) is 0 Å². The smallest absolute Gasteiger partial charge is 0.244 e. The normalized spacial score (nSPS) is 17.2. The van der Waals surface area contributed by atoms with Crippen molar-refractivity contribution < 1.29 is 22.7 Å². The number of furan rings is 1. The SMILES string of the molecule is CCOc1ccc(C)cc1S(=O)(=O)NCC(O)(c1ccco1)C1CC1. The highest BCUT2D eigenvalue weighted by Gasteiger charge is 2.47. The van der Waals surface area contributed by atoms with Gasteiger partial charge in [-0.1, -0.05) is 6.07 Å². The number of aliphatic hydroxyl groups is 1. The Morgan fingerprint density at radius 3 is 2.72 bits per heavy atom. The molecular weight excluding hydrogens is 342 g/mol. The summed E-state index contributed by atoms with van der Waals surface area (Å²) in [6, 6.07) is 8.37. The van der Waals surface area contributed by atoms with E-state index in [1.807, 2.05) is 6.92 Å². The van der Waals surface area contributed by atoms with Gasteiger partial charge in [0, 0.05) is 6.54 Å². The van der Waals surface area contributed by atoms with Crippen LogP contribution < -0.4 is 9.46 Å². The molecule has 0 saturated heterocycles. The second kappa shape index (κ2) is 6.82. The molecule has 2 aromatic rings. The van der Waals surface area contributed by atoms with Gasteiger partial charge in [-0.2, -0.15) is 0 Å². The highest BCUT2D eigenvalue weighted by molar-refractivity contribution is 7.89. The van der Waals surface area contributed by atoms with Crippen molar-refractivity contribution in [2.24, 2.45) is 5.92 Å². The van der Waals surface area contributed by atoms with E-state index in [0.29, 0.717) is 18.1 Å². The van der Waals surface area contributed by atoms with Gasteiger partial charge in [0.1, 0.15) is 22.0 Å². The Morgan fingerprint density at radius 2 is 2.12 bits per heavy atom. The summed E-state index contributed by atoms with van der Waals surface area (Å²) >= 11 is 0. The molecule has 1 saturated carbocycles. The minimum absolute atomic E-state index is 0.00905. The first-order chi connectivity index (χ1) is 11.9. The van der Waals surface area contributed by atoms with Gasteiger partial charge in [0.15, 0.2) is 0 Å². The lowest BCUT2D eigenvalue weighted by Gasteiger charge is -2.26. The first kappa shape index (κ1) is 18.0. The van der Waals surface area contributed by atoms with E-state index in [1.54, 1.807) is 37.3 Å². The third-order valence-electron chi connectivity index (χ3n) is 4.42. The van der Waals surface area contributed by atoms with Crippen LogP contribution >= 0.6 is 0 Å². The average Bonchev–Trinajstić information content (AvgIpc) is 3.29. The zero-order chi connectivity index (χ0) is 18.1. The predicted molar refractivity (Wildman–Crippen MR) is 92.9 cm³/mol. The molecule has 1 atom stereocenters. The van der Waals surface area contributed by atoms with E-state index in [-0.39, 0.29) is 17.4 Å². The van der Waals surface area contributed by atoms with E-state index < -0.39 is 15.6 Å². The first-order valence-corrected chi connectivity index (χ1v) is 9.84. The van der Waals surface area contributed by atoms with Crippen LogP contribution in [-0.2, 0) is 15.6 Å². The molecule has 1 aliphatic rings. The number of hydrogen-bond acceptors (Lipinski definition) is 5. The monoisotopic (exact) mass is 365 g/mol. The molecule has 136 valence electrons. The number of aryl methyl sites for hydroxylation is 1. The van der Waals surface area contributed by atoms with Crippen LogP contribution in [-0.4, -0.2) is 26.7 Å². The van der Waals surface area contributed by atoms with Crippen LogP contribution in [0.3, 0.4) is 0 Å². The maximum atomic E-state index is 12.8. The fourth-order valence-electron chi connectivity index (χ4n) is 2.90. The van der Waals surface area contributed by atoms with E-state index in [1.165, 1.54) is 6.26 Å². The van der Waals surface area contributed by atoms with E-state index >= 15 is 0 Å². The van der Waals surface area contributed by atoms with Crippen molar-refractivity contribution in [3.8, 4) is 5.75 Å². The summed E-state index contributed by atoms with van der Waals surface area (Å²) < 4.78 is 38.9. The van der Waals surface area contributed by atoms with Crippen LogP contribution in [0.2, 0.25) is 0 Å². The summed E-state index contributed by atoms with van der Waals surface area (Å²) in [5.41, 5.74) is -0.529. The maximum Gasteiger partial charge on any atom is 0.244 e. The topological polar surface area (TPSA) is 88.8 Å². The standard InChI is InChI=1S/C18H23NO5S/c1-3-23-15-9-6-13(2)11-16(15)25(21,22)19-12-18(20,14-7-8-14)17-5-4-10-24-17/h4-6,9-11,14,19-20H,3,7-8,12H2,1-2H3. The zero-order valence-corrected chi connectivity index (χ0v) is 15.2. The van der Waals surface area contributed by atoms with Crippen molar-refractivity contribution in [3.05, 3.63) is 47.9 Å². The summed E-state index contributed by atoms with van der Waals surface area (Å²) in [5, 5.41) is 11.0. The van der Waals surface area contributed by atoms with Gasteiger partial charge in [0.05, 0.1) is 12.9 Å². The molecule has 0 radical (unpaired) electrons. The van der Waals surface area contributed by atoms with E-state index in [2.05, 4.69) is 4.72 Å². The van der Waals surface area contributed by atoms with Gasteiger partial charge in [0.2, 0.25) is 10.0 Å². The molecule has 3 rings (SSSR count). The molecule has 25 heavy (non-hydrogen) atoms. The van der Waals surface area contributed by atoms with Crippen molar-refractivity contribution in [3.63, 3.8) is 0 Å². The summed E-state index contributed by atoms with van der Waals surface area (Å²) in [6.07, 6.45) is 3.16. The number of benzene rings is 1. The van der Waals surface area contributed by atoms with Crippen LogP contribution in [0.5, 0.6) is 5.75 Å². The van der Waals surface area contributed by atoms with Crippen molar-refractivity contribution in [2.75, 3.05) is 13.2 Å². The Balaban J connectivity index is 1.86. The lowest BCUT2D eigenvalue weighted by Crippen LogP contribution is -2.42. The van der Waals surface area contributed by atoms with Crippen LogP contribution in [0.4, 0.5) is 0 Å². The van der Waals surface area contributed by atoms with Crippen LogP contribution in [0.25, 0.3) is 0 Å². The van der Waals surface area contributed by atoms with Gasteiger partial charge in [0.25, 0.3) is 0 Å². The fraction of sp³-hybridized carbons (Fsp3) is 0.444. The Labute approximate surface area is 147 Å². The Kier molecular flexibility index (Phi) is 4.90. The van der Waals surface area contributed by atoms with Gasteiger partial charge in [-0.3, -0.25) is 0 Å². The molecule has 6 nitrogen and oxygen atoms in total. The number of hydrogen-bond donors (Lipinski definition) is 2. The number of rotatable bonds is 8. The molecule has 2 N–H and O–H groups in total. The van der Waals surface area contributed by atoms with Crippen molar-refractivity contribution in [1.82, 2.24) is 4.72 Å².